The van der Waals surface area contributed by atoms with Gasteiger partial charge in [-0.1, -0.05) is 40.5 Å². The lowest BCUT2D eigenvalue weighted by Crippen LogP contribution is -2.57. The largest absolute Gasteiger partial charge is 0.493 e. The topological polar surface area (TPSA) is 77.1 Å². The summed E-state index contributed by atoms with van der Waals surface area (Å²) in [4.78, 5) is 29.5. The molecule has 1 amide bonds. The van der Waals surface area contributed by atoms with E-state index in [1.807, 2.05) is 0 Å². The third-order valence-corrected chi connectivity index (χ3v) is 9.27. The number of methoxy groups -OCH3 is 2. The number of nitrogens with one attached hydrogen (secondary N) is 1. The molecule has 0 radical (unpaired) electrons. The maximum Gasteiger partial charge on any atom is 0.317 e. The van der Waals surface area contributed by atoms with Crippen LogP contribution in [0.3, 0.4) is 0 Å². The van der Waals surface area contributed by atoms with E-state index in [1.54, 1.807) is 14.2 Å². The van der Waals surface area contributed by atoms with Gasteiger partial charge in [0.15, 0.2) is 11.5 Å². The van der Waals surface area contributed by atoms with Gasteiger partial charge < -0.3 is 19.5 Å². The molecular weight excluding hydrogens is 456 g/mol. The molecular formula is C29H42N2O5. The molecule has 5 rings (SSSR count). The number of carbonyl (C=O) groups excluding carboxylic acids is 2. The number of benzene rings is 1. The third kappa shape index (κ3) is 3.72. The van der Waals surface area contributed by atoms with Crippen molar-refractivity contribution in [2.75, 3.05) is 33.9 Å². The molecule has 0 aromatic heterocycles. The molecule has 1 aromatic carbocycles. The van der Waals surface area contributed by atoms with E-state index in [0.29, 0.717) is 18.0 Å². The van der Waals surface area contributed by atoms with Crippen molar-refractivity contribution in [3.05, 3.63) is 22.8 Å². The molecule has 4 atom stereocenters. The average Bonchev–Trinajstić information content (AvgIpc) is 3.11. The van der Waals surface area contributed by atoms with Gasteiger partial charge in [0.05, 0.1) is 26.8 Å². The van der Waals surface area contributed by atoms with Crippen LogP contribution in [0.25, 0.3) is 0 Å². The van der Waals surface area contributed by atoms with Gasteiger partial charge in [-0.15, -0.1) is 0 Å². The Bertz CT molecular complexity index is 1040. The molecule has 7 heteroatoms. The highest BCUT2D eigenvalue weighted by Gasteiger charge is 2.70. The van der Waals surface area contributed by atoms with Crippen LogP contribution in [-0.2, 0) is 19.7 Å². The quantitative estimate of drug-likeness (QED) is 0.583. The molecule has 4 aliphatic rings. The Morgan fingerprint density at radius 2 is 1.81 bits per heavy atom. The lowest BCUT2D eigenvalue weighted by Gasteiger charge is -2.52. The van der Waals surface area contributed by atoms with Gasteiger partial charge in [-0.3, -0.25) is 14.5 Å². The van der Waals surface area contributed by atoms with Gasteiger partial charge in [0, 0.05) is 17.0 Å². The van der Waals surface area contributed by atoms with Crippen molar-refractivity contribution in [1.29, 1.82) is 0 Å². The van der Waals surface area contributed by atoms with E-state index in [2.05, 4.69) is 44.0 Å². The van der Waals surface area contributed by atoms with Gasteiger partial charge in [-0.25, -0.2) is 0 Å². The van der Waals surface area contributed by atoms with E-state index in [1.165, 1.54) is 6.42 Å². The van der Waals surface area contributed by atoms with Crippen LogP contribution in [0.15, 0.2) is 6.07 Å². The fourth-order valence-electron chi connectivity index (χ4n) is 7.79. The van der Waals surface area contributed by atoms with Crippen molar-refractivity contribution in [2.24, 2.45) is 11.3 Å². The molecule has 2 bridgehead atoms. The molecule has 3 fully saturated rings. The lowest BCUT2D eigenvalue weighted by molar-refractivity contribution is -0.146. The van der Waals surface area contributed by atoms with Gasteiger partial charge in [-0.2, -0.15) is 0 Å². The van der Waals surface area contributed by atoms with E-state index in [4.69, 9.17) is 14.2 Å². The summed E-state index contributed by atoms with van der Waals surface area (Å²) >= 11 is 0. The molecule has 1 saturated carbocycles. The Balaban J connectivity index is 1.67. The SMILES string of the molecule is COc1c(C(C)C)cc2c(c1OC)C13CCCC(C)(C)C1C(OC3=O)C2NC(=O)CN1CCCCC1. The fraction of sp³-hybridized carbons (Fsp3) is 0.724. The number of hydrogen-bond acceptors (Lipinski definition) is 6. The molecule has 1 aromatic rings. The predicted octanol–water partition coefficient (Wildman–Crippen LogP) is 4.47. The van der Waals surface area contributed by atoms with Crippen LogP contribution < -0.4 is 14.8 Å². The van der Waals surface area contributed by atoms with Gasteiger partial charge in [0.1, 0.15) is 11.5 Å². The van der Waals surface area contributed by atoms with E-state index in [9.17, 15) is 9.59 Å². The van der Waals surface area contributed by atoms with E-state index in [0.717, 1.165) is 61.9 Å². The number of carbonyl (C=O) groups is 2. The average molecular weight is 499 g/mol. The van der Waals surface area contributed by atoms with E-state index < -0.39 is 17.6 Å². The molecule has 198 valence electrons. The summed E-state index contributed by atoms with van der Waals surface area (Å²) in [6, 6.07) is 1.72. The Labute approximate surface area is 215 Å². The zero-order chi connectivity index (χ0) is 25.8. The number of ether oxygens (including phenoxy) is 3. The third-order valence-electron chi connectivity index (χ3n) is 9.27. The summed E-state index contributed by atoms with van der Waals surface area (Å²) in [7, 11) is 3.31. The van der Waals surface area contributed by atoms with Crippen molar-refractivity contribution >= 4 is 11.9 Å². The Kier molecular flexibility index (Phi) is 6.51. The van der Waals surface area contributed by atoms with Crippen molar-refractivity contribution < 1.29 is 23.8 Å². The summed E-state index contributed by atoms with van der Waals surface area (Å²) in [5, 5.41) is 3.34. The van der Waals surface area contributed by atoms with Gasteiger partial charge in [0.25, 0.3) is 0 Å². The first-order valence-electron chi connectivity index (χ1n) is 13.7. The second-order valence-electron chi connectivity index (χ2n) is 12.2. The molecule has 2 aliphatic carbocycles. The lowest BCUT2D eigenvalue weighted by atomic mass is 9.49. The Morgan fingerprint density at radius 3 is 2.44 bits per heavy atom. The predicted molar refractivity (Wildman–Crippen MR) is 137 cm³/mol. The van der Waals surface area contributed by atoms with Crippen LogP contribution in [0.2, 0.25) is 0 Å². The van der Waals surface area contributed by atoms with Crippen LogP contribution in [-0.4, -0.2) is 56.7 Å². The van der Waals surface area contributed by atoms with E-state index in [-0.39, 0.29) is 29.1 Å². The highest BCUT2D eigenvalue weighted by molar-refractivity contribution is 5.91. The Morgan fingerprint density at radius 1 is 1.11 bits per heavy atom. The summed E-state index contributed by atoms with van der Waals surface area (Å²) in [6.45, 7) is 11.0. The monoisotopic (exact) mass is 498 g/mol. The number of rotatable bonds is 6. The highest BCUT2D eigenvalue weighted by atomic mass is 16.6. The van der Waals surface area contributed by atoms with Gasteiger partial charge >= 0.3 is 5.97 Å². The first kappa shape index (κ1) is 25.4. The number of likely N-dealkylation sites (tertiary alicyclic amines) is 1. The number of fused-ring (bicyclic) bond motifs is 1. The molecule has 1 N–H and O–H groups in total. The van der Waals surface area contributed by atoms with Gasteiger partial charge in [-0.05, 0) is 61.7 Å². The van der Waals surface area contributed by atoms with E-state index >= 15 is 0 Å². The minimum atomic E-state index is -0.788. The van der Waals surface area contributed by atoms with Gasteiger partial charge in [0.2, 0.25) is 5.91 Å². The maximum atomic E-state index is 13.9. The van der Waals surface area contributed by atoms with Crippen molar-refractivity contribution in [3.8, 4) is 11.5 Å². The smallest absolute Gasteiger partial charge is 0.317 e. The summed E-state index contributed by atoms with van der Waals surface area (Å²) in [5.74, 6) is 1.22. The molecule has 7 nitrogen and oxygen atoms in total. The standard InChI is InChI=1S/C29H42N2O5/c1-17(2)18-15-19-21(24(35-6)23(18)34-5)29-12-10-11-28(3,4)26(29)25(36-27(29)33)22(19)30-20(32)16-31-13-8-7-9-14-31/h15,17,22,25-26H,7-14,16H2,1-6H3,(H,30,32). The molecule has 2 aliphatic heterocycles. The van der Waals surface area contributed by atoms with Crippen LogP contribution in [0.4, 0.5) is 0 Å². The molecule has 0 spiro atoms. The molecule has 36 heavy (non-hydrogen) atoms. The number of piperidine rings is 1. The van der Waals surface area contributed by atoms with Crippen LogP contribution in [0.5, 0.6) is 11.5 Å². The van der Waals surface area contributed by atoms with Crippen molar-refractivity contribution in [3.63, 3.8) is 0 Å². The van der Waals surface area contributed by atoms with Crippen LogP contribution in [0, 0.1) is 11.3 Å². The molecule has 4 unspecified atom stereocenters. The second-order valence-corrected chi connectivity index (χ2v) is 12.2. The number of hydrogen-bond donors (Lipinski definition) is 1. The molecule has 2 heterocycles. The maximum absolute atomic E-state index is 13.9. The van der Waals surface area contributed by atoms with Crippen LogP contribution in [0.1, 0.15) is 94.9 Å². The number of nitrogens with zero attached hydrogens (tertiary/aromatic N) is 1. The summed E-state index contributed by atoms with van der Waals surface area (Å²) in [5.41, 5.74) is 1.92. The molecule has 2 saturated heterocycles. The zero-order valence-electron chi connectivity index (χ0n) is 22.7. The highest BCUT2D eigenvalue weighted by Crippen LogP contribution is 2.66. The number of amides is 1. The summed E-state index contributed by atoms with van der Waals surface area (Å²) < 4.78 is 18.2. The fourth-order valence-corrected chi connectivity index (χ4v) is 7.79. The summed E-state index contributed by atoms with van der Waals surface area (Å²) in [6.07, 6.45) is 5.76. The normalized spacial score (nSPS) is 30.9. The number of esters is 1. The van der Waals surface area contributed by atoms with Crippen molar-refractivity contribution in [2.45, 2.75) is 89.7 Å². The second kappa shape index (κ2) is 9.23. The zero-order valence-corrected chi connectivity index (χ0v) is 22.7. The first-order valence-corrected chi connectivity index (χ1v) is 13.7. The minimum Gasteiger partial charge on any atom is -0.493 e. The first-order chi connectivity index (χ1) is 17.2. The van der Waals surface area contributed by atoms with Crippen LogP contribution >= 0.6 is 0 Å². The Hall–Kier alpha value is -2.28. The minimum absolute atomic E-state index is 0.0159. The van der Waals surface area contributed by atoms with Crippen molar-refractivity contribution in [1.82, 2.24) is 10.2 Å².